The van der Waals surface area contributed by atoms with E-state index in [1.807, 2.05) is 101 Å². The lowest BCUT2D eigenvalue weighted by Gasteiger charge is -1.96. The molecule has 0 aliphatic carbocycles. The van der Waals surface area contributed by atoms with Crippen LogP contribution in [-0.2, 0) is 0 Å². The molecule has 0 nitrogen and oxygen atoms in total. The highest BCUT2D eigenvalue weighted by Crippen LogP contribution is 2.05. The van der Waals surface area contributed by atoms with Crippen LogP contribution in [0.4, 0.5) is 0 Å². The number of hydrogen-bond donors (Lipinski definition) is 0. The molecule has 0 fully saturated rings. The molecule has 0 aliphatic heterocycles. The smallest absolute Gasteiger partial charge is 0.0467 e. The van der Waals surface area contributed by atoms with E-state index in [0.29, 0.717) is 0 Å². The van der Waals surface area contributed by atoms with E-state index in [2.05, 4.69) is 81.7 Å². The summed E-state index contributed by atoms with van der Waals surface area (Å²) in [6, 6.07) is 0. The summed E-state index contributed by atoms with van der Waals surface area (Å²) in [5.41, 5.74) is 0. The van der Waals surface area contributed by atoms with Crippen LogP contribution in [0.1, 0.15) is 186 Å². The molecule has 0 radical (unpaired) electrons. The first-order valence-electron chi connectivity index (χ1n) is 19.6. The molecule has 0 spiro atoms. The molecule has 0 N–H and O–H groups in total. The summed E-state index contributed by atoms with van der Waals surface area (Å²) in [5.74, 6) is 0. The van der Waals surface area contributed by atoms with E-state index in [4.69, 9.17) is 0 Å². The lowest BCUT2D eigenvalue weighted by molar-refractivity contribution is 0.602. The second-order valence-electron chi connectivity index (χ2n) is 10.7. The van der Waals surface area contributed by atoms with Crippen LogP contribution in [0.15, 0.2) is 124 Å². The number of hydrogen-bond acceptors (Lipinski definition) is 0. The molecule has 0 saturated heterocycles. The van der Waals surface area contributed by atoms with Crippen molar-refractivity contribution in [2.24, 2.45) is 0 Å². The van der Waals surface area contributed by atoms with Gasteiger partial charge >= 0.3 is 0 Å². The van der Waals surface area contributed by atoms with Crippen LogP contribution in [0.3, 0.4) is 0 Å². The number of unbranched alkanes of at least 4 members (excludes halogenated alkanes) is 12. The Kier molecular flexibility index (Phi) is 129. The van der Waals surface area contributed by atoms with E-state index in [9.17, 15) is 0 Å². The van der Waals surface area contributed by atoms with Crippen molar-refractivity contribution in [3.05, 3.63) is 124 Å². The SMILES string of the molecule is C=C/C=C/C.C=C/C=C/C=C/C.C=C/C=C/C=C/C=C/C.C=CC.CCC.CCCCC.CCCCCCC.CCCCCCCCC. The summed E-state index contributed by atoms with van der Waals surface area (Å²) in [7, 11) is 0. The van der Waals surface area contributed by atoms with Crippen LogP contribution in [-0.4, -0.2) is 0 Å². The normalized spacial score (nSPS) is 9.58. The molecule has 0 atom stereocenters. The Morgan fingerprint density at radius 1 is 0.292 bits per heavy atom. The van der Waals surface area contributed by atoms with Crippen molar-refractivity contribution in [2.75, 3.05) is 0 Å². The molecule has 0 amide bonds. The van der Waals surface area contributed by atoms with Crippen molar-refractivity contribution < 1.29 is 0 Å². The van der Waals surface area contributed by atoms with Gasteiger partial charge in [0.15, 0.2) is 0 Å². The van der Waals surface area contributed by atoms with E-state index < -0.39 is 0 Å². The average Bonchev–Trinajstić information content (AvgIpc) is 3.08. The van der Waals surface area contributed by atoms with Crippen molar-refractivity contribution >= 4 is 0 Å². The maximum atomic E-state index is 3.54. The Balaban J connectivity index is -0.0000000652. The number of rotatable bonds is 18. The van der Waals surface area contributed by atoms with E-state index in [-0.39, 0.29) is 0 Å². The van der Waals surface area contributed by atoms with Crippen LogP contribution in [0, 0.1) is 0 Å². The van der Waals surface area contributed by atoms with Crippen LogP contribution < -0.4 is 0 Å². The first-order valence-corrected chi connectivity index (χ1v) is 19.6. The Hall–Kier alpha value is -2.60. The van der Waals surface area contributed by atoms with E-state index in [1.54, 1.807) is 24.3 Å². The lowest BCUT2D eigenvalue weighted by atomic mass is 10.1. The standard InChI is InChI=1S/C9H20.C9H12.C7H16.C7H10.C5H12.C5H8.C3H8.C3H6/c2*1-3-5-7-9-8-6-4-2;2*1-3-5-7-6-4-2;2*1-3-5-4-2;2*1-3-2/h3-9H2,1-2H3;3-9H,1H2,2H3;3-7H2,1-2H3;3-7H,1H2,2H3;3-5H2,1-2H3;3-5H,1H2,2H3;3H2,1-2H3;3H,1H2,2H3/b;6-4+,7-5+,9-8+;;6-4+,7-5+;;5-4+;;. The minimum Gasteiger partial charge on any atom is -0.103 e. The minimum atomic E-state index is 1.25. The van der Waals surface area contributed by atoms with Crippen molar-refractivity contribution in [1.29, 1.82) is 0 Å². The zero-order valence-electron chi connectivity index (χ0n) is 35.4. The molecule has 0 heteroatoms. The summed E-state index contributed by atoms with van der Waals surface area (Å²) in [5, 5.41) is 0. The molecule has 0 aliphatic rings. The first-order chi connectivity index (χ1) is 23.3. The maximum Gasteiger partial charge on any atom is -0.0467 e. The third-order valence-electron chi connectivity index (χ3n) is 5.27. The Morgan fingerprint density at radius 2 is 0.500 bits per heavy atom. The predicted molar refractivity (Wildman–Crippen MR) is 238 cm³/mol. The molecule has 284 valence electrons. The third-order valence-corrected chi connectivity index (χ3v) is 5.27. The summed E-state index contributed by atoms with van der Waals surface area (Å²) >= 11 is 0. The van der Waals surface area contributed by atoms with Gasteiger partial charge in [0, 0.05) is 0 Å². The highest BCUT2D eigenvalue weighted by Gasteiger charge is 1.85. The summed E-state index contributed by atoms with van der Waals surface area (Å²) in [6.45, 7) is 39.4. The molecule has 0 heterocycles. The molecular weight excluding hydrogens is 577 g/mol. The topological polar surface area (TPSA) is 0 Å². The van der Waals surface area contributed by atoms with Crippen molar-refractivity contribution in [2.45, 2.75) is 186 Å². The predicted octanol–water partition coefficient (Wildman–Crippen LogP) is 18.5. The Morgan fingerprint density at radius 3 is 0.708 bits per heavy atom. The third kappa shape index (κ3) is 170. The second kappa shape index (κ2) is 96.8. The highest BCUT2D eigenvalue weighted by molar-refractivity contribution is 5.13. The minimum absolute atomic E-state index is 1.25. The van der Waals surface area contributed by atoms with E-state index in [1.165, 1.54) is 103 Å². The van der Waals surface area contributed by atoms with E-state index in [0.717, 1.165) is 0 Å². The van der Waals surface area contributed by atoms with Gasteiger partial charge in [0.2, 0.25) is 0 Å². The molecule has 0 aromatic carbocycles. The largest absolute Gasteiger partial charge is 0.103 e. The molecule has 0 rings (SSSR count). The van der Waals surface area contributed by atoms with Gasteiger partial charge in [-0.1, -0.05) is 275 Å². The summed E-state index contributed by atoms with van der Waals surface area (Å²) in [6.07, 6.45) is 52.6. The fourth-order valence-electron chi connectivity index (χ4n) is 2.83. The summed E-state index contributed by atoms with van der Waals surface area (Å²) < 4.78 is 0. The van der Waals surface area contributed by atoms with Gasteiger partial charge in [-0.3, -0.25) is 0 Å². The zero-order valence-corrected chi connectivity index (χ0v) is 35.4. The van der Waals surface area contributed by atoms with Gasteiger partial charge in [-0.25, -0.2) is 0 Å². The molecule has 0 aromatic heterocycles. The molecular formula is C48H92. The molecule has 0 aromatic rings. The van der Waals surface area contributed by atoms with Crippen molar-refractivity contribution in [3.63, 3.8) is 0 Å². The van der Waals surface area contributed by atoms with Crippen LogP contribution >= 0.6 is 0 Å². The summed E-state index contributed by atoms with van der Waals surface area (Å²) in [4.78, 5) is 0. The van der Waals surface area contributed by atoms with Gasteiger partial charge in [0.05, 0.1) is 0 Å². The monoisotopic (exact) mass is 669 g/mol. The van der Waals surface area contributed by atoms with Gasteiger partial charge in [-0.2, -0.15) is 0 Å². The number of allylic oxidation sites excluding steroid dienone is 16. The molecule has 0 unspecified atom stereocenters. The maximum absolute atomic E-state index is 3.54. The molecule has 0 bridgehead atoms. The lowest BCUT2D eigenvalue weighted by Crippen LogP contribution is -1.76. The molecule has 0 saturated carbocycles. The van der Waals surface area contributed by atoms with Crippen LogP contribution in [0.5, 0.6) is 0 Å². The average molecular weight is 669 g/mol. The van der Waals surface area contributed by atoms with Gasteiger partial charge < -0.3 is 0 Å². The van der Waals surface area contributed by atoms with E-state index >= 15 is 0 Å². The fourth-order valence-corrected chi connectivity index (χ4v) is 2.83. The quantitative estimate of drug-likeness (QED) is 0.0774. The van der Waals surface area contributed by atoms with Gasteiger partial charge in [-0.05, 0) is 27.7 Å². The van der Waals surface area contributed by atoms with Crippen LogP contribution in [0.2, 0.25) is 0 Å². The van der Waals surface area contributed by atoms with Gasteiger partial charge in [0.1, 0.15) is 0 Å². The second-order valence-corrected chi connectivity index (χ2v) is 10.7. The highest BCUT2D eigenvalue weighted by atomic mass is 13.9. The van der Waals surface area contributed by atoms with Gasteiger partial charge in [-0.15, -0.1) is 6.58 Å². The van der Waals surface area contributed by atoms with Crippen molar-refractivity contribution in [1.82, 2.24) is 0 Å². The Bertz CT molecular complexity index is 636. The van der Waals surface area contributed by atoms with Crippen LogP contribution in [0.25, 0.3) is 0 Å². The van der Waals surface area contributed by atoms with Gasteiger partial charge in [0.25, 0.3) is 0 Å². The first kappa shape index (κ1) is 64.0. The fraction of sp³-hybridized carbons (Fsp3) is 0.583. The zero-order chi connectivity index (χ0) is 38.6. The Labute approximate surface area is 308 Å². The van der Waals surface area contributed by atoms with Crippen molar-refractivity contribution in [3.8, 4) is 0 Å². The molecule has 48 heavy (non-hydrogen) atoms.